The van der Waals surface area contributed by atoms with Crippen molar-refractivity contribution in [1.82, 2.24) is 14.7 Å². The van der Waals surface area contributed by atoms with Crippen molar-refractivity contribution in [2.24, 2.45) is 0 Å². The number of ether oxygens (including phenoxy) is 1. The first-order valence-corrected chi connectivity index (χ1v) is 4.82. The maximum Gasteiger partial charge on any atom is 0.0897 e. The minimum absolute atomic E-state index is 0.230. The van der Waals surface area contributed by atoms with Crippen molar-refractivity contribution >= 4 is 5.69 Å². The molecule has 1 saturated heterocycles. The van der Waals surface area contributed by atoms with Crippen LogP contribution in [-0.4, -0.2) is 47.5 Å². The van der Waals surface area contributed by atoms with Gasteiger partial charge in [-0.3, -0.25) is 4.68 Å². The number of rotatable bonds is 2. The van der Waals surface area contributed by atoms with Gasteiger partial charge in [0, 0.05) is 19.3 Å². The molecule has 2 rings (SSSR count). The second kappa shape index (κ2) is 3.98. The highest BCUT2D eigenvalue weighted by molar-refractivity contribution is 5.30. The number of aromatic nitrogens is 2. The van der Waals surface area contributed by atoms with Crippen LogP contribution in [0.15, 0.2) is 12.4 Å². The van der Waals surface area contributed by atoms with Crippen molar-refractivity contribution in [2.75, 3.05) is 32.5 Å². The molecule has 1 atom stereocenters. The summed E-state index contributed by atoms with van der Waals surface area (Å²) >= 11 is 0. The highest BCUT2D eigenvalue weighted by Gasteiger charge is 2.18. The first-order chi connectivity index (χ1) is 6.74. The van der Waals surface area contributed by atoms with Crippen molar-refractivity contribution in [3.05, 3.63) is 12.4 Å². The summed E-state index contributed by atoms with van der Waals surface area (Å²) in [7, 11) is 2.10. The van der Waals surface area contributed by atoms with Gasteiger partial charge in [-0.2, -0.15) is 5.10 Å². The van der Waals surface area contributed by atoms with E-state index in [1.54, 1.807) is 6.20 Å². The molecule has 5 nitrogen and oxygen atoms in total. The molecule has 1 aromatic rings. The first-order valence-electron chi connectivity index (χ1n) is 4.82. The molecule has 1 aromatic heterocycles. The van der Waals surface area contributed by atoms with E-state index in [0.717, 1.165) is 26.2 Å². The lowest BCUT2D eigenvalue weighted by Crippen LogP contribution is -2.42. The molecule has 5 heteroatoms. The molecule has 0 spiro atoms. The SMILES string of the molecule is CN1CCO[C@H](Cn2cc(N)cn2)C1. The van der Waals surface area contributed by atoms with Crippen molar-refractivity contribution in [3.63, 3.8) is 0 Å². The lowest BCUT2D eigenvalue weighted by atomic mass is 10.3. The lowest BCUT2D eigenvalue weighted by Gasteiger charge is -2.29. The van der Waals surface area contributed by atoms with Crippen LogP contribution < -0.4 is 5.73 Å². The topological polar surface area (TPSA) is 56.3 Å². The molecule has 0 amide bonds. The molecular weight excluding hydrogens is 180 g/mol. The zero-order chi connectivity index (χ0) is 9.97. The van der Waals surface area contributed by atoms with Crippen molar-refractivity contribution in [1.29, 1.82) is 0 Å². The largest absolute Gasteiger partial charge is 0.396 e. The normalized spacial score (nSPS) is 23.9. The molecule has 0 unspecified atom stereocenters. The number of likely N-dealkylation sites (N-methyl/N-ethyl adjacent to an activating group) is 1. The van der Waals surface area contributed by atoms with Crippen LogP contribution in [0.2, 0.25) is 0 Å². The van der Waals surface area contributed by atoms with E-state index in [2.05, 4.69) is 17.0 Å². The number of morpholine rings is 1. The quantitative estimate of drug-likeness (QED) is 0.711. The van der Waals surface area contributed by atoms with Crippen LogP contribution in [0.3, 0.4) is 0 Å². The zero-order valence-corrected chi connectivity index (χ0v) is 8.39. The van der Waals surface area contributed by atoms with Gasteiger partial charge in [0.25, 0.3) is 0 Å². The van der Waals surface area contributed by atoms with Crippen LogP contribution in [0.4, 0.5) is 5.69 Å². The molecule has 0 saturated carbocycles. The number of nitrogens with zero attached hydrogens (tertiary/aromatic N) is 3. The first kappa shape index (κ1) is 9.48. The van der Waals surface area contributed by atoms with Gasteiger partial charge in [-0.1, -0.05) is 0 Å². The summed E-state index contributed by atoms with van der Waals surface area (Å²) in [5.74, 6) is 0. The Balaban J connectivity index is 1.90. The summed E-state index contributed by atoms with van der Waals surface area (Å²) in [4.78, 5) is 2.26. The summed E-state index contributed by atoms with van der Waals surface area (Å²) in [6.07, 6.45) is 3.72. The van der Waals surface area contributed by atoms with E-state index < -0.39 is 0 Å². The van der Waals surface area contributed by atoms with Crippen molar-refractivity contribution < 1.29 is 4.74 Å². The smallest absolute Gasteiger partial charge is 0.0897 e. The van der Waals surface area contributed by atoms with E-state index in [4.69, 9.17) is 10.5 Å². The monoisotopic (exact) mass is 196 g/mol. The molecule has 14 heavy (non-hydrogen) atoms. The van der Waals surface area contributed by atoms with E-state index in [1.807, 2.05) is 10.9 Å². The van der Waals surface area contributed by atoms with Crippen LogP contribution in [0, 0.1) is 0 Å². The van der Waals surface area contributed by atoms with Crippen molar-refractivity contribution in [2.45, 2.75) is 12.6 Å². The van der Waals surface area contributed by atoms with Crippen molar-refractivity contribution in [3.8, 4) is 0 Å². The van der Waals surface area contributed by atoms with Gasteiger partial charge in [0.15, 0.2) is 0 Å². The minimum atomic E-state index is 0.230. The average Bonchev–Trinajstić information content (AvgIpc) is 2.51. The van der Waals surface area contributed by atoms with Gasteiger partial charge in [-0.25, -0.2) is 0 Å². The summed E-state index contributed by atoms with van der Waals surface area (Å²) < 4.78 is 7.45. The fraction of sp³-hybridized carbons (Fsp3) is 0.667. The summed E-state index contributed by atoms with van der Waals surface area (Å²) in [6.45, 7) is 3.55. The summed E-state index contributed by atoms with van der Waals surface area (Å²) in [5.41, 5.74) is 6.28. The Morgan fingerprint density at radius 2 is 2.57 bits per heavy atom. The molecule has 0 radical (unpaired) electrons. The predicted octanol–water partition coefficient (Wildman–Crippen LogP) is -0.204. The molecule has 2 N–H and O–H groups in total. The highest BCUT2D eigenvalue weighted by atomic mass is 16.5. The molecular formula is C9H16N4O. The average molecular weight is 196 g/mol. The lowest BCUT2D eigenvalue weighted by molar-refractivity contribution is -0.0290. The highest BCUT2D eigenvalue weighted by Crippen LogP contribution is 2.06. The van der Waals surface area contributed by atoms with Crippen LogP contribution in [0.1, 0.15) is 0 Å². The van der Waals surface area contributed by atoms with Crippen LogP contribution in [0.25, 0.3) is 0 Å². The van der Waals surface area contributed by atoms with E-state index in [-0.39, 0.29) is 6.10 Å². The van der Waals surface area contributed by atoms with Crippen LogP contribution in [0.5, 0.6) is 0 Å². The maximum atomic E-state index is 5.62. The Bertz CT molecular complexity index is 299. The van der Waals surface area contributed by atoms with Gasteiger partial charge >= 0.3 is 0 Å². The van der Waals surface area contributed by atoms with Crippen LogP contribution >= 0.6 is 0 Å². The zero-order valence-electron chi connectivity index (χ0n) is 8.39. The van der Waals surface area contributed by atoms with E-state index >= 15 is 0 Å². The third kappa shape index (κ3) is 2.24. The number of hydrogen-bond acceptors (Lipinski definition) is 4. The van der Waals surface area contributed by atoms with Gasteiger partial charge < -0.3 is 15.4 Å². The van der Waals surface area contributed by atoms with Gasteiger partial charge in [0.05, 0.1) is 31.1 Å². The second-order valence-corrected chi connectivity index (χ2v) is 3.75. The number of nitrogens with two attached hydrogens (primary N) is 1. The third-order valence-electron chi connectivity index (χ3n) is 2.39. The third-order valence-corrected chi connectivity index (χ3v) is 2.39. The fourth-order valence-corrected chi connectivity index (χ4v) is 1.67. The Morgan fingerprint density at radius 3 is 3.21 bits per heavy atom. The van der Waals surface area contributed by atoms with Gasteiger partial charge in [-0.05, 0) is 7.05 Å². The maximum absolute atomic E-state index is 5.62. The second-order valence-electron chi connectivity index (χ2n) is 3.75. The number of nitrogen functional groups attached to an aromatic ring is 1. The Kier molecular flexibility index (Phi) is 2.69. The van der Waals surface area contributed by atoms with Gasteiger partial charge in [0.1, 0.15) is 0 Å². The molecule has 1 fully saturated rings. The molecule has 0 aliphatic carbocycles. The van der Waals surface area contributed by atoms with E-state index in [9.17, 15) is 0 Å². The summed E-state index contributed by atoms with van der Waals surface area (Å²) in [6, 6.07) is 0. The molecule has 78 valence electrons. The fourth-order valence-electron chi connectivity index (χ4n) is 1.67. The molecule has 1 aliphatic heterocycles. The molecule has 2 heterocycles. The molecule has 1 aliphatic rings. The minimum Gasteiger partial charge on any atom is -0.396 e. The standard InChI is InChI=1S/C9H16N4O/c1-12-2-3-14-9(6-12)7-13-5-8(10)4-11-13/h4-5,9H,2-3,6-7,10H2,1H3/t9-/m0/s1. The Hall–Kier alpha value is -1.07. The Morgan fingerprint density at radius 1 is 1.71 bits per heavy atom. The van der Waals surface area contributed by atoms with Gasteiger partial charge in [0.2, 0.25) is 0 Å². The van der Waals surface area contributed by atoms with E-state index in [1.165, 1.54) is 0 Å². The number of hydrogen-bond donors (Lipinski definition) is 1. The van der Waals surface area contributed by atoms with E-state index in [0.29, 0.717) is 5.69 Å². The molecule has 0 aromatic carbocycles. The summed E-state index contributed by atoms with van der Waals surface area (Å²) in [5, 5.41) is 4.13. The number of anilines is 1. The van der Waals surface area contributed by atoms with Gasteiger partial charge in [-0.15, -0.1) is 0 Å². The van der Waals surface area contributed by atoms with Crippen LogP contribution in [-0.2, 0) is 11.3 Å². The Labute approximate surface area is 83.4 Å². The molecule has 0 bridgehead atoms. The predicted molar refractivity (Wildman–Crippen MR) is 53.9 cm³/mol.